The van der Waals surface area contributed by atoms with Gasteiger partial charge in [-0.25, -0.2) is 0 Å². The molecule has 3 nitrogen and oxygen atoms in total. The second kappa shape index (κ2) is 5.83. The quantitative estimate of drug-likeness (QED) is 0.759. The molecule has 0 aliphatic heterocycles. The molecule has 21 heavy (non-hydrogen) atoms. The van der Waals surface area contributed by atoms with Gasteiger partial charge in [0.25, 0.3) is 0 Å². The van der Waals surface area contributed by atoms with Crippen LogP contribution in [0.2, 0.25) is 0 Å². The van der Waals surface area contributed by atoms with Crippen LogP contribution < -0.4 is 5.32 Å². The van der Waals surface area contributed by atoms with Gasteiger partial charge in [0.05, 0.1) is 6.54 Å². The van der Waals surface area contributed by atoms with E-state index < -0.39 is 0 Å². The van der Waals surface area contributed by atoms with Crippen molar-refractivity contribution in [1.82, 2.24) is 5.16 Å². The van der Waals surface area contributed by atoms with E-state index in [2.05, 4.69) is 42.5 Å². The first-order valence-electron chi connectivity index (χ1n) is 7.04. The molecule has 3 aromatic rings. The Balaban J connectivity index is 1.69. The number of rotatable bonds is 4. The molecule has 0 spiro atoms. The van der Waals surface area contributed by atoms with E-state index in [0.29, 0.717) is 6.54 Å². The van der Waals surface area contributed by atoms with Gasteiger partial charge in [-0.3, -0.25) is 0 Å². The smallest absolute Gasteiger partial charge is 0.156 e. The van der Waals surface area contributed by atoms with Crippen LogP contribution in [0.3, 0.4) is 0 Å². The molecule has 0 radical (unpaired) electrons. The fraction of sp³-hybridized carbons (Fsp3) is 0.167. The molecule has 0 unspecified atom stereocenters. The second-order valence-electron chi connectivity index (χ2n) is 5.20. The molecule has 0 aliphatic carbocycles. The summed E-state index contributed by atoms with van der Waals surface area (Å²) in [6.07, 6.45) is 0. The van der Waals surface area contributed by atoms with Crippen LogP contribution in [0.15, 0.2) is 59.1 Å². The molecule has 1 N–H and O–H groups in total. The number of nitrogens with zero attached hydrogens (tertiary/aromatic N) is 1. The molecule has 3 heteroatoms. The van der Waals surface area contributed by atoms with Crippen LogP contribution in [0.5, 0.6) is 0 Å². The lowest BCUT2D eigenvalue weighted by atomic mass is 10.1. The first kappa shape index (κ1) is 13.4. The summed E-state index contributed by atoms with van der Waals surface area (Å²) in [5.74, 6) is 0.826. The summed E-state index contributed by atoms with van der Waals surface area (Å²) in [6, 6.07) is 18.4. The van der Waals surface area contributed by atoms with Gasteiger partial charge in [-0.2, -0.15) is 0 Å². The van der Waals surface area contributed by atoms with Gasteiger partial charge >= 0.3 is 0 Å². The zero-order chi connectivity index (χ0) is 14.7. The lowest BCUT2D eigenvalue weighted by molar-refractivity contribution is 0.390. The van der Waals surface area contributed by atoms with Crippen molar-refractivity contribution in [3.8, 4) is 11.3 Å². The van der Waals surface area contributed by atoms with Gasteiger partial charge in [0.15, 0.2) is 5.76 Å². The maximum Gasteiger partial charge on any atom is 0.156 e. The summed E-state index contributed by atoms with van der Waals surface area (Å²) in [7, 11) is 0. The third kappa shape index (κ3) is 3.14. The molecule has 0 atom stereocenters. The maximum absolute atomic E-state index is 5.38. The predicted molar refractivity (Wildman–Crippen MR) is 85.2 cm³/mol. The normalized spacial score (nSPS) is 10.6. The fourth-order valence-electron chi connectivity index (χ4n) is 2.18. The summed E-state index contributed by atoms with van der Waals surface area (Å²) >= 11 is 0. The Morgan fingerprint density at radius 3 is 2.52 bits per heavy atom. The van der Waals surface area contributed by atoms with Crippen molar-refractivity contribution in [2.24, 2.45) is 0 Å². The number of aromatic nitrogens is 1. The number of hydrogen-bond acceptors (Lipinski definition) is 3. The number of aryl methyl sites for hydroxylation is 2. The molecule has 106 valence electrons. The highest BCUT2D eigenvalue weighted by Gasteiger charge is 2.06. The zero-order valence-corrected chi connectivity index (χ0v) is 12.3. The van der Waals surface area contributed by atoms with E-state index in [1.54, 1.807) is 0 Å². The van der Waals surface area contributed by atoms with Crippen LogP contribution in [0.4, 0.5) is 5.69 Å². The van der Waals surface area contributed by atoms with E-state index in [4.69, 9.17) is 4.52 Å². The predicted octanol–water partition coefficient (Wildman–Crippen LogP) is 4.57. The molecule has 0 saturated carbocycles. The topological polar surface area (TPSA) is 38.1 Å². The van der Waals surface area contributed by atoms with Crippen LogP contribution in [-0.2, 0) is 6.54 Å². The lowest BCUT2D eigenvalue weighted by Gasteiger charge is -2.06. The number of nitrogens with one attached hydrogen (secondary N) is 1. The van der Waals surface area contributed by atoms with E-state index >= 15 is 0 Å². The highest BCUT2D eigenvalue weighted by molar-refractivity contribution is 5.58. The van der Waals surface area contributed by atoms with Crippen molar-refractivity contribution in [2.45, 2.75) is 20.4 Å². The summed E-state index contributed by atoms with van der Waals surface area (Å²) in [5.41, 5.74) is 5.61. The Labute approximate surface area is 124 Å². The van der Waals surface area contributed by atoms with Gasteiger partial charge in [-0.15, -0.1) is 0 Å². The van der Waals surface area contributed by atoms with E-state index in [1.165, 1.54) is 11.1 Å². The minimum Gasteiger partial charge on any atom is -0.378 e. The van der Waals surface area contributed by atoms with Gasteiger partial charge < -0.3 is 9.84 Å². The van der Waals surface area contributed by atoms with Crippen molar-refractivity contribution in [2.75, 3.05) is 5.32 Å². The molecule has 0 amide bonds. The van der Waals surface area contributed by atoms with Crippen LogP contribution >= 0.6 is 0 Å². The number of benzene rings is 2. The van der Waals surface area contributed by atoms with Crippen LogP contribution in [0, 0.1) is 13.8 Å². The van der Waals surface area contributed by atoms with E-state index in [1.807, 2.05) is 36.4 Å². The molecule has 0 saturated heterocycles. The Hall–Kier alpha value is -2.55. The third-order valence-corrected chi connectivity index (χ3v) is 3.60. The van der Waals surface area contributed by atoms with Crippen molar-refractivity contribution in [3.63, 3.8) is 0 Å². The molecule has 0 fully saturated rings. The van der Waals surface area contributed by atoms with Crippen molar-refractivity contribution in [1.29, 1.82) is 0 Å². The summed E-state index contributed by atoms with van der Waals surface area (Å²) in [4.78, 5) is 0. The second-order valence-corrected chi connectivity index (χ2v) is 5.20. The zero-order valence-electron chi connectivity index (χ0n) is 12.3. The molecule has 1 aromatic heterocycles. The fourth-order valence-corrected chi connectivity index (χ4v) is 2.18. The minimum atomic E-state index is 0.627. The van der Waals surface area contributed by atoms with Gasteiger partial charge in [-0.05, 0) is 37.1 Å². The largest absolute Gasteiger partial charge is 0.378 e. The first-order chi connectivity index (χ1) is 10.2. The van der Waals surface area contributed by atoms with E-state index in [-0.39, 0.29) is 0 Å². The summed E-state index contributed by atoms with van der Waals surface area (Å²) in [6.45, 7) is 4.85. The van der Waals surface area contributed by atoms with Crippen LogP contribution in [0.25, 0.3) is 11.3 Å². The molecular formula is C18H18N2O. The lowest BCUT2D eigenvalue weighted by Crippen LogP contribution is -1.98. The van der Waals surface area contributed by atoms with Crippen LogP contribution in [0.1, 0.15) is 16.9 Å². The van der Waals surface area contributed by atoms with Crippen molar-refractivity contribution in [3.05, 3.63) is 71.5 Å². The Morgan fingerprint density at radius 2 is 1.76 bits per heavy atom. The Kier molecular flexibility index (Phi) is 3.73. The minimum absolute atomic E-state index is 0.627. The van der Waals surface area contributed by atoms with Crippen molar-refractivity contribution < 1.29 is 4.52 Å². The molecule has 3 rings (SSSR count). The van der Waals surface area contributed by atoms with Gasteiger partial charge in [-0.1, -0.05) is 41.6 Å². The molecule has 0 bridgehead atoms. The highest BCUT2D eigenvalue weighted by atomic mass is 16.5. The average molecular weight is 278 g/mol. The first-order valence-corrected chi connectivity index (χ1v) is 7.04. The Bertz CT molecular complexity index is 732. The Morgan fingerprint density at radius 1 is 0.952 bits per heavy atom. The highest BCUT2D eigenvalue weighted by Crippen LogP contribution is 2.20. The van der Waals surface area contributed by atoms with Gasteiger partial charge in [0, 0.05) is 17.3 Å². The SMILES string of the molecule is Cc1ccc(NCc2cc(-c3ccccc3)no2)cc1C. The van der Waals surface area contributed by atoms with Crippen LogP contribution in [-0.4, -0.2) is 5.16 Å². The van der Waals surface area contributed by atoms with E-state index in [0.717, 1.165) is 22.7 Å². The summed E-state index contributed by atoms with van der Waals surface area (Å²) < 4.78 is 5.38. The number of anilines is 1. The van der Waals surface area contributed by atoms with Gasteiger partial charge in [0.2, 0.25) is 0 Å². The third-order valence-electron chi connectivity index (χ3n) is 3.60. The van der Waals surface area contributed by atoms with Crippen molar-refractivity contribution >= 4 is 5.69 Å². The molecular weight excluding hydrogens is 260 g/mol. The maximum atomic E-state index is 5.38. The molecule has 2 aromatic carbocycles. The van der Waals surface area contributed by atoms with E-state index in [9.17, 15) is 0 Å². The average Bonchev–Trinajstić information content (AvgIpc) is 2.98. The monoisotopic (exact) mass is 278 g/mol. The molecule has 0 aliphatic rings. The summed E-state index contributed by atoms with van der Waals surface area (Å²) in [5, 5.41) is 7.48. The number of hydrogen-bond donors (Lipinski definition) is 1. The standard InChI is InChI=1S/C18H18N2O/c1-13-8-9-16(10-14(13)2)19-12-17-11-18(20-21-17)15-6-4-3-5-7-15/h3-11,19H,12H2,1-2H3. The molecule has 1 heterocycles. The van der Waals surface area contributed by atoms with Gasteiger partial charge in [0.1, 0.15) is 5.69 Å².